The Morgan fingerprint density at radius 1 is 1.20 bits per heavy atom. The van der Waals surface area contributed by atoms with Crippen molar-refractivity contribution in [1.29, 1.82) is 0 Å². The Morgan fingerprint density at radius 3 is 2.40 bits per heavy atom. The van der Waals surface area contributed by atoms with E-state index in [0.717, 1.165) is 16.8 Å². The standard InChI is InChI=1S/C12H20NS.HI/c1-5-14-12-8-6-7-11(9-12)10-13(2,3)4;/h6-9H,5,10H2,1-4H3;1H/q+1;/p-1. The fourth-order valence-electron chi connectivity index (χ4n) is 1.45. The maximum atomic E-state index is 2.30. The maximum absolute atomic E-state index is 2.30. The quantitative estimate of drug-likeness (QED) is 0.424. The van der Waals surface area contributed by atoms with Crippen LogP contribution in [0.2, 0.25) is 0 Å². The number of hydrogen-bond acceptors (Lipinski definition) is 1. The second-order valence-electron chi connectivity index (χ2n) is 4.53. The highest BCUT2D eigenvalue weighted by molar-refractivity contribution is 7.99. The van der Waals surface area contributed by atoms with Gasteiger partial charge in [0.15, 0.2) is 0 Å². The molecule has 0 heterocycles. The van der Waals surface area contributed by atoms with Crippen LogP contribution in [-0.4, -0.2) is 31.4 Å². The van der Waals surface area contributed by atoms with Gasteiger partial charge in [0.2, 0.25) is 0 Å². The molecule has 0 bridgehead atoms. The van der Waals surface area contributed by atoms with Gasteiger partial charge in [-0.1, -0.05) is 19.1 Å². The Labute approximate surface area is 115 Å². The normalized spacial score (nSPS) is 10.9. The molecule has 0 fully saturated rings. The van der Waals surface area contributed by atoms with Gasteiger partial charge in [-0.15, -0.1) is 11.8 Å². The van der Waals surface area contributed by atoms with Crippen LogP contribution < -0.4 is 24.0 Å². The molecule has 0 amide bonds. The molecule has 0 unspecified atom stereocenters. The molecule has 3 heteroatoms. The zero-order chi connectivity index (χ0) is 10.6. The van der Waals surface area contributed by atoms with Crippen molar-refractivity contribution >= 4 is 11.8 Å². The molecule has 0 atom stereocenters. The van der Waals surface area contributed by atoms with Crippen LogP contribution in [0.1, 0.15) is 12.5 Å². The van der Waals surface area contributed by atoms with Gasteiger partial charge < -0.3 is 28.5 Å². The van der Waals surface area contributed by atoms with E-state index in [1.807, 2.05) is 11.8 Å². The third kappa shape index (κ3) is 6.43. The minimum absolute atomic E-state index is 0. The van der Waals surface area contributed by atoms with E-state index in [1.165, 1.54) is 10.5 Å². The van der Waals surface area contributed by atoms with Crippen LogP contribution in [0.5, 0.6) is 0 Å². The molecule has 0 aliphatic heterocycles. The van der Waals surface area contributed by atoms with Gasteiger partial charge in [-0.05, 0) is 17.9 Å². The smallest absolute Gasteiger partial charge is 0.104 e. The number of benzene rings is 1. The number of rotatable bonds is 4. The highest BCUT2D eigenvalue weighted by Gasteiger charge is 2.08. The summed E-state index contributed by atoms with van der Waals surface area (Å²) in [6, 6.07) is 8.86. The molecular weight excluding hydrogens is 317 g/mol. The van der Waals surface area contributed by atoms with E-state index in [2.05, 4.69) is 52.3 Å². The number of thioether (sulfide) groups is 1. The van der Waals surface area contributed by atoms with Crippen molar-refractivity contribution in [3.05, 3.63) is 29.8 Å². The summed E-state index contributed by atoms with van der Waals surface area (Å²) < 4.78 is 0.986. The highest BCUT2D eigenvalue weighted by Crippen LogP contribution is 2.19. The summed E-state index contributed by atoms with van der Waals surface area (Å²) in [5.74, 6) is 1.15. The lowest BCUT2D eigenvalue weighted by Crippen LogP contribution is -3.00. The predicted molar refractivity (Wildman–Crippen MR) is 64.6 cm³/mol. The van der Waals surface area contributed by atoms with E-state index in [9.17, 15) is 0 Å². The summed E-state index contributed by atoms with van der Waals surface area (Å²) in [4.78, 5) is 1.39. The summed E-state index contributed by atoms with van der Waals surface area (Å²) >= 11 is 1.91. The average molecular weight is 337 g/mol. The molecule has 0 aromatic heterocycles. The zero-order valence-electron chi connectivity index (χ0n) is 9.96. The fraction of sp³-hybridized carbons (Fsp3) is 0.500. The Morgan fingerprint density at radius 2 is 1.87 bits per heavy atom. The largest absolute Gasteiger partial charge is 1.00 e. The predicted octanol–water partition coefficient (Wildman–Crippen LogP) is 0.00880. The molecule has 0 aliphatic carbocycles. The van der Waals surface area contributed by atoms with E-state index in [4.69, 9.17) is 0 Å². The third-order valence-electron chi connectivity index (χ3n) is 1.87. The summed E-state index contributed by atoms with van der Waals surface area (Å²) in [5, 5.41) is 0. The van der Waals surface area contributed by atoms with Crippen LogP contribution in [-0.2, 0) is 6.54 Å². The molecule has 0 aliphatic rings. The molecule has 1 rings (SSSR count). The Hall–Kier alpha value is 0.260. The van der Waals surface area contributed by atoms with Crippen LogP contribution in [0.25, 0.3) is 0 Å². The second kappa shape index (κ2) is 6.76. The van der Waals surface area contributed by atoms with Crippen LogP contribution >= 0.6 is 11.8 Å². The molecule has 0 saturated heterocycles. The molecule has 86 valence electrons. The van der Waals surface area contributed by atoms with Crippen LogP contribution in [0.15, 0.2) is 29.2 Å². The lowest BCUT2D eigenvalue weighted by molar-refractivity contribution is -0.884. The molecule has 0 spiro atoms. The van der Waals surface area contributed by atoms with E-state index >= 15 is 0 Å². The Balaban J connectivity index is 0.00000196. The number of quaternary nitrogens is 1. The first-order chi connectivity index (χ1) is 6.51. The summed E-state index contributed by atoms with van der Waals surface area (Å²) in [7, 11) is 6.67. The van der Waals surface area contributed by atoms with Gasteiger partial charge in [0.25, 0.3) is 0 Å². The Kier molecular flexibility index (Phi) is 6.88. The lowest BCUT2D eigenvalue weighted by Gasteiger charge is -2.24. The molecule has 0 N–H and O–H groups in total. The fourth-order valence-corrected chi connectivity index (χ4v) is 2.19. The lowest BCUT2D eigenvalue weighted by atomic mass is 10.2. The van der Waals surface area contributed by atoms with Crippen molar-refractivity contribution < 1.29 is 28.5 Å². The third-order valence-corrected chi connectivity index (χ3v) is 2.74. The second-order valence-corrected chi connectivity index (χ2v) is 5.87. The van der Waals surface area contributed by atoms with Gasteiger partial charge in [-0.2, -0.15) is 0 Å². The summed E-state index contributed by atoms with van der Waals surface area (Å²) in [5.41, 5.74) is 1.43. The minimum atomic E-state index is 0. The van der Waals surface area contributed by atoms with Crippen LogP contribution in [0.3, 0.4) is 0 Å². The van der Waals surface area contributed by atoms with Gasteiger partial charge in [0.05, 0.1) is 21.1 Å². The zero-order valence-corrected chi connectivity index (χ0v) is 12.9. The summed E-state index contributed by atoms with van der Waals surface area (Å²) in [6.45, 7) is 3.29. The van der Waals surface area contributed by atoms with Gasteiger partial charge in [-0.3, -0.25) is 0 Å². The monoisotopic (exact) mass is 337 g/mol. The maximum Gasteiger partial charge on any atom is 0.104 e. The van der Waals surface area contributed by atoms with Crippen molar-refractivity contribution in [1.82, 2.24) is 0 Å². The first-order valence-corrected chi connectivity index (χ1v) is 6.02. The van der Waals surface area contributed by atoms with Gasteiger partial charge in [0, 0.05) is 10.5 Å². The van der Waals surface area contributed by atoms with E-state index in [1.54, 1.807) is 0 Å². The minimum Gasteiger partial charge on any atom is -1.00 e. The summed E-state index contributed by atoms with van der Waals surface area (Å²) in [6.07, 6.45) is 0. The molecule has 1 aromatic rings. The number of hydrogen-bond donors (Lipinski definition) is 0. The molecule has 15 heavy (non-hydrogen) atoms. The number of halogens is 1. The Bertz CT molecular complexity index is 294. The van der Waals surface area contributed by atoms with Crippen molar-refractivity contribution in [2.45, 2.75) is 18.4 Å². The molecule has 0 saturated carbocycles. The molecule has 1 aromatic carbocycles. The van der Waals surface area contributed by atoms with Crippen LogP contribution in [0.4, 0.5) is 0 Å². The van der Waals surface area contributed by atoms with E-state index in [-0.39, 0.29) is 24.0 Å². The van der Waals surface area contributed by atoms with Crippen molar-refractivity contribution in [2.24, 2.45) is 0 Å². The van der Waals surface area contributed by atoms with E-state index in [0.29, 0.717) is 0 Å². The average Bonchev–Trinajstić information content (AvgIpc) is 2.02. The van der Waals surface area contributed by atoms with Gasteiger partial charge in [0.1, 0.15) is 6.54 Å². The van der Waals surface area contributed by atoms with Crippen molar-refractivity contribution in [3.8, 4) is 0 Å². The first kappa shape index (κ1) is 15.3. The van der Waals surface area contributed by atoms with Crippen molar-refractivity contribution in [3.63, 3.8) is 0 Å². The molecular formula is C12H20INS. The van der Waals surface area contributed by atoms with Gasteiger partial charge in [-0.25, -0.2) is 0 Å². The first-order valence-electron chi connectivity index (χ1n) is 5.03. The molecule has 0 radical (unpaired) electrons. The SMILES string of the molecule is CCSc1cccc(C[N+](C)(C)C)c1.[I-]. The number of nitrogens with zero attached hydrogens (tertiary/aromatic N) is 1. The topological polar surface area (TPSA) is 0 Å². The van der Waals surface area contributed by atoms with Gasteiger partial charge >= 0.3 is 0 Å². The highest BCUT2D eigenvalue weighted by atomic mass is 127. The van der Waals surface area contributed by atoms with Crippen LogP contribution in [0, 0.1) is 0 Å². The molecule has 1 nitrogen and oxygen atoms in total. The van der Waals surface area contributed by atoms with E-state index < -0.39 is 0 Å². The van der Waals surface area contributed by atoms with Crippen molar-refractivity contribution in [2.75, 3.05) is 26.9 Å².